The molecule has 4 rings (SSSR count). The summed E-state index contributed by atoms with van der Waals surface area (Å²) in [7, 11) is 0. The lowest BCUT2D eigenvalue weighted by Crippen LogP contribution is -2.32. The number of aromatic nitrogens is 2. The lowest BCUT2D eigenvalue weighted by atomic mass is 10.0. The number of nitrogens with zero attached hydrogens (tertiary/aromatic N) is 3. The molecular formula is C37H48Cl4N4O3. The van der Waals surface area contributed by atoms with E-state index >= 15 is 0 Å². The van der Waals surface area contributed by atoms with Gasteiger partial charge in [0.25, 0.3) is 5.56 Å². The Morgan fingerprint density at radius 3 is 1.83 bits per heavy atom. The molecule has 2 amide bonds. The Kier molecular flexibility index (Phi) is 15.7. The molecule has 1 aliphatic rings. The van der Waals surface area contributed by atoms with Crippen LogP contribution in [-0.2, 0) is 9.59 Å². The van der Waals surface area contributed by atoms with Gasteiger partial charge in [-0.2, -0.15) is 0 Å². The van der Waals surface area contributed by atoms with Crippen LogP contribution in [-0.4, -0.2) is 33.5 Å². The van der Waals surface area contributed by atoms with Gasteiger partial charge in [0.1, 0.15) is 11.5 Å². The third-order valence-corrected chi connectivity index (χ3v) is 10.1. The van der Waals surface area contributed by atoms with Crippen LogP contribution in [0.2, 0.25) is 15.1 Å². The summed E-state index contributed by atoms with van der Waals surface area (Å²) in [5.41, 5.74) is 0.892. The molecule has 0 bridgehead atoms. The van der Waals surface area contributed by atoms with Gasteiger partial charge in [0, 0.05) is 30.5 Å². The molecule has 1 unspecified atom stereocenters. The van der Waals surface area contributed by atoms with Gasteiger partial charge in [0.15, 0.2) is 0 Å². The highest BCUT2D eigenvalue weighted by atomic mass is 35.5. The molecule has 48 heavy (non-hydrogen) atoms. The lowest BCUT2D eigenvalue weighted by molar-refractivity contribution is -0.121. The van der Waals surface area contributed by atoms with E-state index in [1.54, 1.807) is 12.1 Å². The lowest BCUT2D eigenvalue weighted by Gasteiger charge is -2.29. The maximum absolute atomic E-state index is 13.3. The van der Waals surface area contributed by atoms with Crippen LogP contribution in [0.1, 0.15) is 116 Å². The SMILES string of the molecule is CCCCCCCCCCCCCCCCC(Cl)CN(c1cc(=O)n(-c2c(Cl)cc(Cl)cc2Cl)[nH]1)c1ccccc1N1C(=O)CCC1=O. The van der Waals surface area contributed by atoms with E-state index in [1.165, 1.54) is 105 Å². The summed E-state index contributed by atoms with van der Waals surface area (Å²) in [6.45, 7) is 2.59. The van der Waals surface area contributed by atoms with Crippen molar-refractivity contribution in [1.29, 1.82) is 0 Å². The number of carbonyl (C=O) groups excluding carboxylic acids is 2. The third-order valence-electron chi connectivity index (χ3n) is 8.92. The Morgan fingerprint density at radius 2 is 1.27 bits per heavy atom. The highest BCUT2D eigenvalue weighted by Crippen LogP contribution is 2.38. The van der Waals surface area contributed by atoms with Gasteiger partial charge < -0.3 is 4.90 Å². The Bertz CT molecular complexity index is 1520. The average Bonchev–Trinajstić information content (AvgIpc) is 3.59. The molecule has 1 aromatic heterocycles. The molecule has 2 aromatic carbocycles. The smallest absolute Gasteiger partial charge is 0.273 e. The molecule has 0 radical (unpaired) electrons. The molecule has 1 fully saturated rings. The van der Waals surface area contributed by atoms with Crippen molar-refractivity contribution >= 4 is 75.4 Å². The summed E-state index contributed by atoms with van der Waals surface area (Å²) in [6.07, 6.45) is 19.1. The van der Waals surface area contributed by atoms with Gasteiger partial charge in [-0.25, -0.2) is 9.58 Å². The first kappa shape index (κ1) is 38.4. The van der Waals surface area contributed by atoms with Crippen LogP contribution in [0.3, 0.4) is 0 Å². The van der Waals surface area contributed by atoms with Crippen LogP contribution in [0.5, 0.6) is 0 Å². The van der Waals surface area contributed by atoms with Crippen LogP contribution >= 0.6 is 46.4 Å². The van der Waals surface area contributed by atoms with Crippen molar-refractivity contribution in [2.24, 2.45) is 0 Å². The number of H-pyrrole nitrogens is 1. The van der Waals surface area contributed by atoms with Crippen molar-refractivity contribution < 1.29 is 9.59 Å². The fraction of sp³-hybridized carbons (Fsp3) is 0.541. The maximum atomic E-state index is 13.3. The number of nitrogens with one attached hydrogen (secondary N) is 1. The second-order valence-electron chi connectivity index (χ2n) is 12.7. The largest absolute Gasteiger partial charge is 0.323 e. The van der Waals surface area contributed by atoms with E-state index in [-0.39, 0.29) is 45.8 Å². The van der Waals surface area contributed by atoms with Gasteiger partial charge in [-0.05, 0) is 30.7 Å². The molecule has 0 aliphatic carbocycles. The summed E-state index contributed by atoms with van der Waals surface area (Å²) < 4.78 is 1.26. The quantitative estimate of drug-likeness (QED) is 0.0670. The Hall–Kier alpha value is -2.45. The standard InChI is InChI=1S/C37H48Cl4N4O3/c1-2-3-4-5-6-7-8-9-10-11-12-13-14-15-18-27(38)26-43(31-19-16-17-20-32(31)44-34(46)21-22-35(44)47)33-25-36(48)45(42-33)37-29(40)23-28(39)24-30(37)41/h16-17,19-20,23-25,27,42H,2-15,18,21-22,26H2,1H3. The summed E-state index contributed by atoms with van der Waals surface area (Å²) >= 11 is 26.0. The molecule has 1 saturated heterocycles. The predicted molar refractivity (Wildman–Crippen MR) is 201 cm³/mol. The van der Waals surface area contributed by atoms with Crippen LogP contribution < -0.4 is 15.4 Å². The molecule has 11 heteroatoms. The molecule has 262 valence electrons. The first-order valence-electron chi connectivity index (χ1n) is 17.5. The molecule has 0 spiro atoms. The van der Waals surface area contributed by atoms with Gasteiger partial charge in [-0.15, -0.1) is 11.6 Å². The number of unbranched alkanes of at least 4 members (excludes halogenated alkanes) is 13. The molecule has 0 saturated carbocycles. The van der Waals surface area contributed by atoms with Crippen molar-refractivity contribution in [2.45, 2.75) is 121 Å². The zero-order chi connectivity index (χ0) is 34.5. The fourth-order valence-corrected chi connectivity index (χ4v) is 7.62. The van der Waals surface area contributed by atoms with E-state index < -0.39 is 5.56 Å². The summed E-state index contributed by atoms with van der Waals surface area (Å²) in [4.78, 5) is 42.0. The van der Waals surface area contributed by atoms with Crippen LogP contribution in [0.25, 0.3) is 5.69 Å². The van der Waals surface area contributed by atoms with E-state index in [9.17, 15) is 14.4 Å². The Balaban J connectivity index is 1.40. The number of hydrogen-bond donors (Lipinski definition) is 1. The number of hydrogen-bond acceptors (Lipinski definition) is 4. The third kappa shape index (κ3) is 10.8. The average molecular weight is 739 g/mol. The topological polar surface area (TPSA) is 78.4 Å². The summed E-state index contributed by atoms with van der Waals surface area (Å²) in [6, 6.07) is 11.6. The Morgan fingerprint density at radius 1 is 0.750 bits per heavy atom. The molecule has 1 N–H and O–H groups in total. The number of imide groups is 1. The number of alkyl halides is 1. The molecule has 2 heterocycles. The minimum Gasteiger partial charge on any atom is -0.323 e. The maximum Gasteiger partial charge on any atom is 0.273 e. The van der Waals surface area contributed by atoms with E-state index in [0.29, 0.717) is 28.8 Å². The predicted octanol–water partition coefficient (Wildman–Crippen LogP) is 11.4. The van der Waals surface area contributed by atoms with Crippen molar-refractivity contribution in [2.75, 3.05) is 16.3 Å². The molecule has 7 nitrogen and oxygen atoms in total. The van der Waals surface area contributed by atoms with E-state index in [0.717, 1.165) is 19.3 Å². The monoisotopic (exact) mass is 736 g/mol. The molecular weight excluding hydrogens is 690 g/mol. The second-order valence-corrected chi connectivity index (χ2v) is 14.6. The van der Waals surface area contributed by atoms with E-state index in [4.69, 9.17) is 46.4 Å². The zero-order valence-electron chi connectivity index (χ0n) is 27.9. The normalized spacial score (nSPS) is 13.9. The number of para-hydroxylation sites is 2. The first-order valence-corrected chi connectivity index (χ1v) is 19.1. The van der Waals surface area contributed by atoms with Gasteiger partial charge in [-0.3, -0.25) is 19.5 Å². The highest BCUT2D eigenvalue weighted by Gasteiger charge is 2.33. The number of aromatic amines is 1. The molecule has 3 aromatic rings. The van der Waals surface area contributed by atoms with Crippen molar-refractivity contribution in [3.63, 3.8) is 0 Å². The van der Waals surface area contributed by atoms with Crippen molar-refractivity contribution in [3.05, 3.63) is 67.9 Å². The van der Waals surface area contributed by atoms with Crippen LogP contribution in [0, 0.1) is 0 Å². The number of rotatable bonds is 21. The zero-order valence-corrected chi connectivity index (χ0v) is 30.9. The Labute approximate surface area is 304 Å². The van der Waals surface area contributed by atoms with Gasteiger partial charge in [0.2, 0.25) is 11.8 Å². The second kappa shape index (κ2) is 19.7. The van der Waals surface area contributed by atoms with E-state index in [1.807, 2.05) is 17.0 Å². The molecule has 1 atom stereocenters. The minimum absolute atomic E-state index is 0.158. The number of benzene rings is 2. The number of halogens is 4. The summed E-state index contributed by atoms with van der Waals surface area (Å²) in [5.74, 6) is -0.105. The minimum atomic E-state index is -0.398. The number of amides is 2. The summed E-state index contributed by atoms with van der Waals surface area (Å²) in [5, 5.41) is 3.62. The van der Waals surface area contributed by atoms with Gasteiger partial charge >= 0.3 is 0 Å². The van der Waals surface area contributed by atoms with Crippen molar-refractivity contribution in [1.82, 2.24) is 9.78 Å². The fourth-order valence-electron chi connectivity index (χ4n) is 6.34. The number of carbonyl (C=O) groups is 2. The van der Waals surface area contributed by atoms with Crippen LogP contribution in [0.4, 0.5) is 17.2 Å². The highest BCUT2D eigenvalue weighted by molar-refractivity contribution is 6.40. The van der Waals surface area contributed by atoms with Gasteiger partial charge in [0.05, 0.1) is 26.8 Å². The molecule has 1 aliphatic heterocycles. The van der Waals surface area contributed by atoms with Crippen molar-refractivity contribution in [3.8, 4) is 5.69 Å². The first-order chi connectivity index (χ1) is 23.2. The van der Waals surface area contributed by atoms with Gasteiger partial charge in [-0.1, -0.05) is 144 Å². The number of anilines is 3. The van der Waals surface area contributed by atoms with E-state index in [2.05, 4.69) is 12.0 Å². The van der Waals surface area contributed by atoms with Crippen LogP contribution in [0.15, 0.2) is 47.3 Å².